The fourth-order valence-electron chi connectivity index (χ4n) is 1.65. The van der Waals surface area contributed by atoms with Crippen molar-refractivity contribution in [3.8, 4) is 0 Å². The number of aliphatic carboxylic acids is 1. The van der Waals surface area contributed by atoms with Crippen LogP contribution in [0.15, 0.2) is 24.3 Å². The molecule has 0 aliphatic rings. The largest absolute Gasteiger partial charge is 0.481 e. The van der Waals surface area contributed by atoms with Crippen molar-refractivity contribution >= 4 is 5.97 Å². The molecule has 0 saturated carbocycles. The first-order valence-electron chi connectivity index (χ1n) is 4.89. The molecule has 0 amide bonds. The zero-order valence-electron chi connectivity index (χ0n) is 9.03. The van der Waals surface area contributed by atoms with Gasteiger partial charge < -0.3 is 10.2 Å². The van der Waals surface area contributed by atoms with Gasteiger partial charge in [0.2, 0.25) is 0 Å². The van der Waals surface area contributed by atoms with Gasteiger partial charge in [0.25, 0.3) is 0 Å². The monoisotopic (exact) mass is 208 g/mol. The molecule has 0 fully saturated rings. The highest BCUT2D eigenvalue weighted by atomic mass is 16.4. The molecule has 0 radical (unpaired) electrons. The lowest BCUT2D eigenvalue weighted by molar-refractivity contribution is -0.141. The van der Waals surface area contributed by atoms with Gasteiger partial charge in [0.05, 0.1) is 12.0 Å². The predicted molar refractivity (Wildman–Crippen MR) is 57.8 cm³/mol. The molecule has 0 saturated heterocycles. The van der Waals surface area contributed by atoms with Crippen molar-refractivity contribution in [2.45, 2.75) is 32.3 Å². The number of benzene rings is 1. The van der Waals surface area contributed by atoms with Gasteiger partial charge in [-0.1, -0.05) is 29.8 Å². The first kappa shape index (κ1) is 11.7. The Morgan fingerprint density at radius 3 is 2.67 bits per heavy atom. The topological polar surface area (TPSA) is 57.5 Å². The molecule has 1 aromatic carbocycles. The van der Waals surface area contributed by atoms with Crippen molar-refractivity contribution in [1.29, 1.82) is 0 Å². The summed E-state index contributed by atoms with van der Waals surface area (Å²) in [4.78, 5) is 10.5. The van der Waals surface area contributed by atoms with Crippen LogP contribution in [0.5, 0.6) is 0 Å². The van der Waals surface area contributed by atoms with E-state index in [2.05, 4.69) is 0 Å². The van der Waals surface area contributed by atoms with Crippen LogP contribution in [0.1, 0.15) is 24.5 Å². The second-order valence-electron chi connectivity index (χ2n) is 4.23. The highest BCUT2D eigenvalue weighted by molar-refractivity contribution is 5.68. The normalized spacial score (nSPS) is 14.6. The fourth-order valence-corrected chi connectivity index (χ4v) is 1.65. The fraction of sp³-hybridized carbons (Fsp3) is 0.417. The first-order chi connectivity index (χ1) is 6.89. The second kappa shape index (κ2) is 4.45. The Morgan fingerprint density at radius 1 is 1.47 bits per heavy atom. The third-order valence-electron chi connectivity index (χ3n) is 2.20. The van der Waals surface area contributed by atoms with Crippen molar-refractivity contribution in [1.82, 2.24) is 0 Å². The van der Waals surface area contributed by atoms with Crippen molar-refractivity contribution in [2.75, 3.05) is 0 Å². The van der Waals surface area contributed by atoms with Crippen LogP contribution in [0.4, 0.5) is 0 Å². The average Bonchev–Trinajstić information content (AvgIpc) is 1.99. The van der Waals surface area contributed by atoms with Crippen LogP contribution in [0, 0.1) is 6.92 Å². The van der Waals surface area contributed by atoms with Gasteiger partial charge in [0.1, 0.15) is 0 Å². The summed E-state index contributed by atoms with van der Waals surface area (Å²) in [6, 6.07) is 7.72. The van der Waals surface area contributed by atoms with Crippen molar-refractivity contribution < 1.29 is 15.0 Å². The van der Waals surface area contributed by atoms with Crippen LogP contribution in [-0.2, 0) is 11.2 Å². The summed E-state index contributed by atoms with van der Waals surface area (Å²) in [5, 5.41) is 18.5. The minimum Gasteiger partial charge on any atom is -0.481 e. The molecular formula is C12H16O3. The average molecular weight is 208 g/mol. The summed E-state index contributed by atoms with van der Waals surface area (Å²) >= 11 is 0. The van der Waals surface area contributed by atoms with Crippen LogP contribution in [0.2, 0.25) is 0 Å². The third kappa shape index (κ3) is 4.13. The summed E-state index contributed by atoms with van der Waals surface area (Å²) in [5.74, 6) is -0.979. The lowest BCUT2D eigenvalue weighted by atomic mass is 9.93. The molecule has 1 rings (SSSR count). The molecule has 0 heterocycles. The van der Waals surface area contributed by atoms with Gasteiger partial charge in [-0.25, -0.2) is 0 Å². The van der Waals surface area contributed by atoms with E-state index < -0.39 is 11.6 Å². The van der Waals surface area contributed by atoms with Crippen molar-refractivity contribution in [3.05, 3.63) is 35.4 Å². The lowest BCUT2D eigenvalue weighted by Crippen LogP contribution is -2.30. The Hall–Kier alpha value is -1.35. The molecule has 3 nitrogen and oxygen atoms in total. The standard InChI is InChI=1S/C12H16O3/c1-9-4-3-5-10(6-9)7-12(2,15)8-11(13)14/h3-6,15H,7-8H2,1-2H3,(H,13,14). The molecule has 1 atom stereocenters. The molecule has 3 heteroatoms. The first-order valence-corrected chi connectivity index (χ1v) is 4.89. The van der Waals surface area contributed by atoms with Gasteiger partial charge in [-0.05, 0) is 19.4 Å². The number of carboxylic acid groups (broad SMARTS) is 1. The van der Waals surface area contributed by atoms with Crippen LogP contribution in [0.25, 0.3) is 0 Å². The number of carbonyl (C=O) groups is 1. The molecule has 0 bridgehead atoms. The lowest BCUT2D eigenvalue weighted by Gasteiger charge is -2.21. The summed E-state index contributed by atoms with van der Waals surface area (Å²) in [6.07, 6.45) is 0.127. The van der Waals surface area contributed by atoms with E-state index in [0.717, 1.165) is 11.1 Å². The molecule has 0 aromatic heterocycles. The summed E-state index contributed by atoms with van der Waals surface area (Å²) < 4.78 is 0. The Labute approximate surface area is 89.4 Å². The van der Waals surface area contributed by atoms with Gasteiger partial charge in [-0.2, -0.15) is 0 Å². The molecule has 0 aliphatic heterocycles. The highest BCUT2D eigenvalue weighted by Gasteiger charge is 2.24. The number of aliphatic hydroxyl groups is 1. The van der Waals surface area contributed by atoms with Crippen LogP contribution < -0.4 is 0 Å². The van der Waals surface area contributed by atoms with Crippen molar-refractivity contribution in [3.63, 3.8) is 0 Å². The number of carboxylic acids is 1. The maximum atomic E-state index is 10.5. The summed E-state index contributed by atoms with van der Waals surface area (Å²) in [5.41, 5.74) is 0.888. The maximum Gasteiger partial charge on any atom is 0.306 e. The number of hydrogen-bond acceptors (Lipinski definition) is 2. The SMILES string of the molecule is Cc1cccc(CC(C)(O)CC(=O)O)c1. The Bertz CT molecular complexity index is 356. The molecule has 1 aromatic rings. The molecule has 2 N–H and O–H groups in total. The molecule has 0 aliphatic carbocycles. The van der Waals surface area contributed by atoms with Crippen LogP contribution in [0.3, 0.4) is 0 Å². The van der Waals surface area contributed by atoms with E-state index in [1.165, 1.54) is 0 Å². The van der Waals surface area contributed by atoms with Crippen LogP contribution in [-0.4, -0.2) is 21.8 Å². The Balaban J connectivity index is 2.72. The van der Waals surface area contributed by atoms with Gasteiger partial charge in [-0.15, -0.1) is 0 Å². The van der Waals surface area contributed by atoms with Crippen molar-refractivity contribution in [2.24, 2.45) is 0 Å². The van der Waals surface area contributed by atoms with Gasteiger partial charge >= 0.3 is 5.97 Å². The summed E-state index contributed by atoms with van der Waals surface area (Å²) in [6.45, 7) is 3.51. The zero-order valence-corrected chi connectivity index (χ0v) is 9.03. The smallest absolute Gasteiger partial charge is 0.306 e. The molecule has 1 unspecified atom stereocenters. The number of rotatable bonds is 4. The third-order valence-corrected chi connectivity index (χ3v) is 2.20. The van der Waals surface area contributed by atoms with E-state index in [1.807, 2.05) is 31.2 Å². The van der Waals surface area contributed by atoms with Crippen LogP contribution >= 0.6 is 0 Å². The maximum absolute atomic E-state index is 10.5. The number of hydrogen-bond donors (Lipinski definition) is 2. The van der Waals surface area contributed by atoms with E-state index in [9.17, 15) is 9.90 Å². The molecule has 0 spiro atoms. The Morgan fingerprint density at radius 2 is 2.13 bits per heavy atom. The highest BCUT2D eigenvalue weighted by Crippen LogP contribution is 2.17. The Kier molecular flexibility index (Phi) is 3.48. The molecule has 15 heavy (non-hydrogen) atoms. The number of aryl methyl sites for hydroxylation is 1. The van der Waals surface area contributed by atoms with E-state index in [1.54, 1.807) is 6.92 Å². The van der Waals surface area contributed by atoms with Gasteiger partial charge in [0, 0.05) is 6.42 Å². The van der Waals surface area contributed by atoms with E-state index in [0.29, 0.717) is 6.42 Å². The summed E-state index contributed by atoms with van der Waals surface area (Å²) in [7, 11) is 0. The minimum atomic E-state index is -1.18. The van der Waals surface area contributed by atoms with E-state index in [-0.39, 0.29) is 6.42 Å². The van der Waals surface area contributed by atoms with E-state index >= 15 is 0 Å². The zero-order chi connectivity index (χ0) is 11.5. The van der Waals surface area contributed by atoms with Gasteiger partial charge in [-0.3, -0.25) is 4.79 Å². The van der Waals surface area contributed by atoms with Gasteiger partial charge in [0.15, 0.2) is 0 Å². The second-order valence-corrected chi connectivity index (χ2v) is 4.23. The molecule has 82 valence electrons. The minimum absolute atomic E-state index is 0.235. The van der Waals surface area contributed by atoms with E-state index in [4.69, 9.17) is 5.11 Å². The predicted octanol–water partition coefficient (Wildman–Crippen LogP) is 1.76. The quantitative estimate of drug-likeness (QED) is 0.792. The molecular weight excluding hydrogens is 192 g/mol.